The van der Waals surface area contributed by atoms with E-state index >= 15 is 0 Å². The van der Waals surface area contributed by atoms with E-state index in [1.807, 2.05) is 12.3 Å². The molecular formula is C19H25N3O. The molecule has 0 N–H and O–H groups in total. The maximum atomic E-state index is 5.85. The van der Waals surface area contributed by atoms with E-state index in [0.29, 0.717) is 0 Å². The van der Waals surface area contributed by atoms with Crippen molar-refractivity contribution in [2.75, 3.05) is 20.2 Å². The summed E-state index contributed by atoms with van der Waals surface area (Å²) in [6.45, 7) is 4.74. The average Bonchev–Trinajstić information content (AvgIpc) is 3.02. The van der Waals surface area contributed by atoms with Gasteiger partial charge in [0.1, 0.15) is 5.60 Å². The highest BCUT2D eigenvalue weighted by Gasteiger charge is 2.34. The Morgan fingerprint density at radius 2 is 2.04 bits per heavy atom. The highest BCUT2D eigenvalue weighted by Crippen LogP contribution is 2.33. The smallest absolute Gasteiger partial charge is 0.160 e. The molecule has 2 heterocycles. The van der Waals surface area contributed by atoms with Crippen LogP contribution in [-0.4, -0.2) is 35.1 Å². The van der Waals surface area contributed by atoms with Gasteiger partial charge in [0, 0.05) is 25.9 Å². The zero-order valence-electron chi connectivity index (χ0n) is 14.0. The van der Waals surface area contributed by atoms with Crippen molar-refractivity contribution in [1.29, 1.82) is 0 Å². The minimum absolute atomic E-state index is 0.307. The van der Waals surface area contributed by atoms with Crippen LogP contribution < -0.4 is 0 Å². The fourth-order valence-electron chi connectivity index (χ4n) is 3.01. The molecule has 1 aromatic heterocycles. The third-order valence-corrected chi connectivity index (χ3v) is 4.46. The number of hydrogen-bond donors (Lipinski definition) is 0. The lowest BCUT2D eigenvalue weighted by molar-refractivity contribution is 0.00904. The van der Waals surface area contributed by atoms with Gasteiger partial charge in [0.05, 0.1) is 5.69 Å². The number of rotatable bonds is 6. The molecule has 1 saturated heterocycles. The second kappa shape index (κ2) is 7.20. The Bertz CT molecular complexity index is 624. The number of aromatic nitrogens is 2. The van der Waals surface area contributed by atoms with Crippen molar-refractivity contribution in [3.63, 3.8) is 0 Å². The number of likely N-dealkylation sites (N-methyl/N-ethyl adjacent to an activating group) is 1. The van der Waals surface area contributed by atoms with Crippen LogP contribution in [0.25, 0.3) is 0 Å². The Kier molecular flexibility index (Phi) is 5.03. The van der Waals surface area contributed by atoms with Gasteiger partial charge in [-0.1, -0.05) is 30.3 Å². The summed E-state index contributed by atoms with van der Waals surface area (Å²) in [6, 6.07) is 12.6. The lowest BCUT2D eigenvalue weighted by atomic mass is 10.0. The van der Waals surface area contributed by atoms with E-state index in [1.165, 1.54) is 5.56 Å². The summed E-state index contributed by atoms with van der Waals surface area (Å²) in [5.41, 5.74) is 2.12. The van der Waals surface area contributed by atoms with E-state index in [9.17, 15) is 0 Å². The molecule has 23 heavy (non-hydrogen) atoms. The molecule has 0 bridgehead atoms. The van der Waals surface area contributed by atoms with Crippen LogP contribution in [0.3, 0.4) is 0 Å². The van der Waals surface area contributed by atoms with Gasteiger partial charge < -0.3 is 9.64 Å². The van der Waals surface area contributed by atoms with Gasteiger partial charge >= 0.3 is 0 Å². The molecule has 4 nitrogen and oxygen atoms in total. The standard InChI is InChI=1S/C19H25N3O/c1-19(11-6-14-23-19)18-20-12-9-17(21-18)15-22(2)13-10-16-7-4-3-5-8-16/h3-5,7-9,12H,6,10-11,13-15H2,1-2H3. The van der Waals surface area contributed by atoms with Crippen molar-refractivity contribution in [3.05, 3.63) is 59.7 Å². The summed E-state index contributed by atoms with van der Waals surface area (Å²) in [4.78, 5) is 11.5. The second-order valence-electron chi connectivity index (χ2n) is 6.53. The molecule has 0 amide bonds. The summed E-state index contributed by atoms with van der Waals surface area (Å²) in [5, 5.41) is 0. The van der Waals surface area contributed by atoms with Gasteiger partial charge in [-0.15, -0.1) is 0 Å². The van der Waals surface area contributed by atoms with Gasteiger partial charge in [-0.25, -0.2) is 9.97 Å². The first kappa shape index (κ1) is 16.1. The molecule has 2 aromatic rings. The first-order chi connectivity index (χ1) is 11.2. The van der Waals surface area contributed by atoms with Gasteiger partial charge in [-0.3, -0.25) is 0 Å². The number of ether oxygens (including phenoxy) is 1. The SMILES string of the molecule is CN(CCc1ccccc1)Cc1ccnc(C2(C)CCCO2)n1. The van der Waals surface area contributed by atoms with Crippen LogP contribution in [0.15, 0.2) is 42.6 Å². The van der Waals surface area contributed by atoms with Crippen LogP contribution in [0.4, 0.5) is 0 Å². The van der Waals surface area contributed by atoms with E-state index in [2.05, 4.69) is 54.2 Å². The Morgan fingerprint density at radius 3 is 2.78 bits per heavy atom. The maximum absolute atomic E-state index is 5.85. The molecule has 1 atom stereocenters. The van der Waals surface area contributed by atoms with Crippen molar-refractivity contribution in [2.24, 2.45) is 0 Å². The largest absolute Gasteiger partial charge is 0.367 e. The maximum Gasteiger partial charge on any atom is 0.160 e. The van der Waals surface area contributed by atoms with Crippen LogP contribution >= 0.6 is 0 Å². The van der Waals surface area contributed by atoms with Crippen LogP contribution in [0.5, 0.6) is 0 Å². The van der Waals surface area contributed by atoms with Crippen molar-refractivity contribution in [1.82, 2.24) is 14.9 Å². The topological polar surface area (TPSA) is 38.2 Å². The van der Waals surface area contributed by atoms with Gasteiger partial charge in [-0.05, 0) is 44.9 Å². The molecule has 0 saturated carbocycles. The van der Waals surface area contributed by atoms with E-state index in [-0.39, 0.29) is 5.60 Å². The highest BCUT2D eigenvalue weighted by atomic mass is 16.5. The minimum Gasteiger partial charge on any atom is -0.367 e. The lowest BCUT2D eigenvalue weighted by Crippen LogP contribution is -2.26. The second-order valence-corrected chi connectivity index (χ2v) is 6.53. The normalized spacial score (nSPS) is 21.0. The molecule has 0 spiro atoms. The Morgan fingerprint density at radius 1 is 1.22 bits per heavy atom. The third-order valence-electron chi connectivity index (χ3n) is 4.46. The van der Waals surface area contributed by atoms with Crippen LogP contribution in [0.1, 0.15) is 36.8 Å². The van der Waals surface area contributed by atoms with Crippen molar-refractivity contribution >= 4 is 0 Å². The van der Waals surface area contributed by atoms with Gasteiger partial charge in [0.25, 0.3) is 0 Å². The van der Waals surface area contributed by atoms with Crippen molar-refractivity contribution < 1.29 is 4.74 Å². The Balaban J connectivity index is 1.59. The fourth-order valence-corrected chi connectivity index (χ4v) is 3.01. The molecular weight excluding hydrogens is 286 g/mol. The van der Waals surface area contributed by atoms with Gasteiger partial charge in [0.2, 0.25) is 0 Å². The van der Waals surface area contributed by atoms with Gasteiger partial charge in [-0.2, -0.15) is 0 Å². The van der Waals surface area contributed by atoms with Crippen molar-refractivity contribution in [3.8, 4) is 0 Å². The fraction of sp³-hybridized carbons (Fsp3) is 0.474. The molecule has 0 radical (unpaired) electrons. The molecule has 1 aliphatic heterocycles. The van der Waals surface area contributed by atoms with E-state index < -0.39 is 0 Å². The summed E-state index contributed by atoms with van der Waals surface area (Å²) in [5.74, 6) is 0.823. The Labute approximate surface area is 138 Å². The number of hydrogen-bond acceptors (Lipinski definition) is 4. The predicted molar refractivity (Wildman–Crippen MR) is 91.1 cm³/mol. The van der Waals surface area contributed by atoms with Crippen LogP contribution in [0.2, 0.25) is 0 Å². The molecule has 1 fully saturated rings. The zero-order chi connectivity index (χ0) is 16.1. The van der Waals surface area contributed by atoms with Gasteiger partial charge in [0.15, 0.2) is 5.82 Å². The molecule has 0 aliphatic carbocycles. The predicted octanol–water partition coefficient (Wildman–Crippen LogP) is 3.18. The minimum atomic E-state index is -0.307. The summed E-state index contributed by atoms with van der Waals surface area (Å²) < 4.78 is 5.85. The van der Waals surface area contributed by atoms with E-state index in [0.717, 1.165) is 50.5 Å². The highest BCUT2D eigenvalue weighted by molar-refractivity contribution is 5.15. The molecule has 122 valence electrons. The van der Waals surface area contributed by atoms with Crippen LogP contribution in [0, 0.1) is 0 Å². The first-order valence-corrected chi connectivity index (χ1v) is 8.34. The van der Waals surface area contributed by atoms with Crippen molar-refractivity contribution in [2.45, 2.75) is 38.3 Å². The lowest BCUT2D eigenvalue weighted by Gasteiger charge is -2.22. The van der Waals surface area contributed by atoms with E-state index in [4.69, 9.17) is 9.72 Å². The zero-order valence-corrected chi connectivity index (χ0v) is 14.0. The Hall–Kier alpha value is -1.78. The molecule has 3 rings (SSSR count). The van der Waals surface area contributed by atoms with Crippen LogP contribution in [-0.2, 0) is 23.3 Å². The number of benzene rings is 1. The molecule has 1 aromatic carbocycles. The third kappa shape index (κ3) is 4.15. The number of nitrogens with zero attached hydrogens (tertiary/aromatic N) is 3. The molecule has 1 unspecified atom stereocenters. The molecule has 4 heteroatoms. The summed E-state index contributed by atoms with van der Waals surface area (Å²) in [7, 11) is 2.14. The average molecular weight is 311 g/mol. The summed E-state index contributed by atoms with van der Waals surface area (Å²) in [6.07, 6.45) is 4.99. The molecule has 1 aliphatic rings. The van der Waals surface area contributed by atoms with E-state index in [1.54, 1.807) is 0 Å². The first-order valence-electron chi connectivity index (χ1n) is 8.34. The summed E-state index contributed by atoms with van der Waals surface area (Å²) >= 11 is 0. The monoisotopic (exact) mass is 311 g/mol. The quantitative estimate of drug-likeness (QED) is 0.821.